The number of carbonyl (C=O) groups excluding carboxylic acids is 3. The standard InChI is InChI=1S/C23H31ClN4O4/c1-4-19(29)28-12-6-11-27(13-14-28)15-18-20(22(30)32-5-2)21(25-23(31)26(18)3)16-7-9-17(24)10-8-16/h7-10,21H,4-6,11-15H2,1-3H3,(H,25,31)/t21-/m1/s1. The Morgan fingerprint density at radius 2 is 1.84 bits per heavy atom. The van der Waals surface area contributed by atoms with Crippen molar-refractivity contribution in [3.63, 3.8) is 0 Å². The third-order valence-electron chi connectivity index (χ3n) is 5.89. The highest BCUT2D eigenvalue weighted by atomic mass is 35.5. The fourth-order valence-electron chi connectivity index (χ4n) is 4.12. The number of ether oxygens (including phenoxy) is 1. The highest BCUT2D eigenvalue weighted by Gasteiger charge is 2.37. The van der Waals surface area contributed by atoms with Crippen molar-refractivity contribution < 1.29 is 19.1 Å². The van der Waals surface area contributed by atoms with Crippen LogP contribution < -0.4 is 5.32 Å². The zero-order valence-corrected chi connectivity index (χ0v) is 19.7. The fourth-order valence-corrected chi connectivity index (χ4v) is 4.24. The molecule has 0 radical (unpaired) electrons. The number of hydrogen-bond acceptors (Lipinski definition) is 5. The Kier molecular flexibility index (Phi) is 8.15. The lowest BCUT2D eigenvalue weighted by atomic mass is 9.94. The summed E-state index contributed by atoms with van der Waals surface area (Å²) in [7, 11) is 1.66. The number of hydrogen-bond donors (Lipinski definition) is 1. The fraction of sp³-hybridized carbons (Fsp3) is 0.522. The molecule has 0 aromatic heterocycles. The van der Waals surface area contributed by atoms with E-state index in [2.05, 4.69) is 10.2 Å². The number of urea groups is 1. The average molecular weight is 463 g/mol. The summed E-state index contributed by atoms with van der Waals surface area (Å²) in [5.41, 5.74) is 1.79. The molecule has 32 heavy (non-hydrogen) atoms. The average Bonchev–Trinajstić information content (AvgIpc) is 3.02. The molecular weight excluding hydrogens is 432 g/mol. The van der Waals surface area contributed by atoms with E-state index < -0.39 is 12.0 Å². The Morgan fingerprint density at radius 1 is 1.12 bits per heavy atom. The van der Waals surface area contributed by atoms with Gasteiger partial charge in [-0.15, -0.1) is 0 Å². The number of nitrogens with one attached hydrogen (secondary N) is 1. The van der Waals surface area contributed by atoms with Crippen molar-refractivity contribution in [1.82, 2.24) is 20.0 Å². The molecule has 0 aliphatic carbocycles. The highest BCUT2D eigenvalue weighted by Crippen LogP contribution is 2.32. The molecule has 2 aliphatic heterocycles. The minimum Gasteiger partial charge on any atom is -0.463 e. The summed E-state index contributed by atoms with van der Waals surface area (Å²) in [6.45, 7) is 7.07. The van der Waals surface area contributed by atoms with Gasteiger partial charge in [0.25, 0.3) is 0 Å². The Labute approximate surface area is 194 Å². The van der Waals surface area contributed by atoms with E-state index in [1.807, 2.05) is 11.8 Å². The second kappa shape index (κ2) is 10.8. The Bertz CT molecular complexity index is 886. The number of esters is 1. The lowest BCUT2D eigenvalue weighted by Crippen LogP contribution is -2.49. The van der Waals surface area contributed by atoms with E-state index in [0.717, 1.165) is 25.1 Å². The molecule has 174 valence electrons. The van der Waals surface area contributed by atoms with Gasteiger partial charge in [0.15, 0.2) is 0 Å². The molecule has 1 aromatic rings. The van der Waals surface area contributed by atoms with E-state index in [1.165, 1.54) is 4.90 Å². The van der Waals surface area contributed by atoms with Crippen LogP contribution in [-0.2, 0) is 14.3 Å². The van der Waals surface area contributed by atoms with Gasteiger partial charge in [-0.2, -0.15) is 0 Å². The molecule has 2 heterocycles. The zero-order chi connectivity index (χ0) is 23.3. The lowest BCUT2D eigenvalue weighted by Gasteiger charge is -2.36. The van der Waals surface area contributed by atoms with Crippen molar-refractivity contribution in [2.45, 2.75) is 32.7 Å². The van der Waals surface area contributed by atoms with Gasteiger partial charge in [-0.05, 0) is 31.0 Å². The van der Waals surface area contributed by atoms with Gasteiger partial charge >= 0.3 is 12.0 Å². The van der Waals surface area contributed by atoms with E-state index in [4.69, 9.17) is 16.3 Å². The summed E-state index contributed by atoms with van der Waals surface area (Å²) < 4.78 is 5.38. The van der Waals surface area contributed by atoms with Crippen molar-refractivity contribution in [3.05, 3.63) is 46.1 Å². The topological polar surface area (TPSA) is 82.2 Å². The maximum Gasteiger partial charge on any atom is 0.338 e. The van der Waals surface area contributed by atoms with Gasteiger partial charge in [0, 0.05) is 56.9 Å². The summed E-state index contributed by atoms with van der Waals surface area (Å²) >= 11 is 6.03. The van der Waals surface area contributed by atoms with Gasteiger partial charge in [-0.3, -0.25) is 14.6 Å². The molecule has 1 saturated heterocycles. The first kappa shape index (κ1) is 24.1. The van der Waals surface area contributed by atoms with Crippen LogP contribution in [0.2, 0.25) is 5.02 Å². The molecule has 0 bridgehead atoms. The maximum absolute atomic E-state index is 13.0. The SMILES string of the molecule is CCOC(=O)C1=C(CN2CCCN(C(=O)CC)CC2)N(C)C(=O)N[C@@H]1c1ccc(Cl)cc1. The molecular formula is C23H31ClN4O4. The molecule has 2 aliphatic rings. The van der Waals surface area contributed by atoms with Gasteiger partial charge in [0.05, 0.1) is 18.2 Å². The summed E-state index contributed by atoms with van der Waals surface area (Å²) in [6.07, 6.45) is 1.33. The number of benzene rings is 1. The number of halogens is 1. The number of likely N-dealkylation sites (N-methyl/N-ethyl adjacent to an activating group) is 1. The second-order valence-corrected chi connectivity index (χ2v) is 8.37. The summed E-state index contributed by atoms with van der Waals surface area (Å²) in [5, 5.41) is 3.49. The predicted octanol–water partition coefficient (Wildman–Crippen LogP) is 2.80. The molecule has 3 amide bonds. The molecule has 1 N–H and O–H groups in total. The first-order chi connectivity index (χ1) is 15.3. The normalized spacial score (nSPS) is 20.1. The van der Waals surface area contributed by atoms with Gasteiger partial charge in [-0.25, -0.2) is 9.59 Å². The zero-order valence-electron chi connectivity index (χ0n) is 18.9. The maximum atomic E-state index is 13.0. The molecule has 3 rings (SSSR count). The first-order valence-corrected chi connectivity index (χ1v) is 11.4. The number of rotatable bonds is 6. The predicted molar refractivity (Wildman–Crippen MR) is 122 cm³/mol. The van der Waals surface area contributed by atoms with Crippen molar-refractivity contribution in [3.8, 4) is 0 Å². The third kappa shape index (κ3) is 5.42. The van der Waals surface area contributed by atoms with Crippen LogP contribution in [0.5, 0.6) is 0 Å². The minimum atomic E-state index is -0.629. The van der Waals surface area contributed by atoms with E-state index >= 15 is 0 Å². The van der Waals surface area contributed by atoms with Crippen LogP contribution >= 0.6 is 11.6 Å². The lowest BCUT2D eigenvalue weighted by molar-refractivity contribution is -0.139. The molecule has 1 aromatic carbocycles. The summed E-state index contributed by atoms with van der Waals surface area (Å²) in [6, 6.07) is 6.15. The van der Waals surface area contributed by atoms with Crippen molar-refractivity contribution >= 4 is 29.5 Å². The summed E-state index contributed by atoms with van der Waals surface area (Å²) in [4.78, 5) is 43.5. The van der Waals surface area contributed by atoms with Crippen molar-refractivity contribution in [2.75, 3.05) is 46.4 Å². The van der Waals surface area contributed by atoms with E-state index in [0.29, 0.717) is 42.3 Å². The van der Waals surface area contributed by atoms with Crippen LogP contribution in [0.4, 0.5) is 4.79 Å². The summed E-state index contributed by atoms with van der Waals surface area (Å²) in [5.74, 6) is -0.304. The Morgan fingerprint density at radius 3 is 2.50 bits per heavy atom. The van der Waals surface area contributed by atoms with Crippen LogP contribution in [0.15, 0.2) is 35.5 Å². The van der Waals surface area contributed by atoms with Crippen molar-refractivity contribution in [1.29, 1.82) is 0 Å². The number of amides is 3. The highest BCUT2D eigenvalue weighted by molar-refractivity contribution is 6.30. The molecule has 1 fully saturated rings. The van der Waals surface area contributed by atoms with Gasteiger partial charge < -0.3 is 15.0 Å². The molecule has 0 unspecified atom stereocenters. The number of nitrogens with zero attached hydrogens (tertiary/aromatic N) is 3. The Balaban J connectivity index is 1.94. The van der Waals surface area contributed by atoms with Crippen LogP contribution in [0.3, 0.4) is 0 Å². The van der Waals surface area contributed by atoms with E-state index in [1.54, 1.807) is 38.2 Å². The third-order valence-corrected chi connectivity index (χ3v) is 6.14. The quantitative estimate of drug-likeness (QED) is 0.657. The van der Waals surface area contributed by atoms with Gasteiger partial charge in [0.1, 0.15) is 0 Å². The largest absolute Gasteiger partial charge is 0.463 e. The Hall–Kier alpha value is -2.58. The minimum absolute atomic E-state index is 0.148. The number of carbonyl (C=O) groups is 3. The van der Waals surface area contributed by atoms with Crippen LogP contribution in [0.25, 0.3) is 0 Å². The molecule has 0 saturated carbocycles. The van der Waals surface area contributed by atoms with Crippen LogP contribution in [0, 0.1) is 0 Å². The van der Waals surface area contributed by atoms with Crippen LogP contribution in [0.1, 0.15) is 38.3 Å². The molecule has 9 heteroatoms. The van der Waals surface area contributed by atoms with Gasteiger partial charge in [-0.1, -0.05) is 30.7 Å². The van der Waals surface area contributed by atoms with E-state index in [9.17, 15) is 14.4 Å². The molecule has 1 atom stereocenters. The smallest absolute Gasteiger partial charge is 0.338 e. The first-order valence-electron chi connectivity index (χ1n) is 11.1. The van der Waals surface area contributed by atoms with E-state index in [-0.39, 0.29) is 18.5 Å². The van der Waals surface area contributed by atoms with Crippen molar-refractivity contribution in [2.24, 2.45) is 0 Å². The second-order valence-electron chi connectivity index (χ2n) is 7.94. The molecule has 8 nitrogen and oxygen atoms in total. The van der Waals surface area contributed by atoms with Gasteiger partial charge in [0.2, 0.25) is 5.91 Å². The molecule has 0 spiro atoms. The monoisotopic (exact) mass is 462 g/mol. The van der Waals surface area contributed by atoms with Crippen LogP contribution in [-0.4, -0.2) is 79.0 Å².